The summed E-state index contributed by atoms with van der Waals surface area (Å²) < 4.78 is 72.8. The molecular weight excluding hydrogens is 839 g/mol. The molecule has 0 unspecified atom stereocenters. The maximum absolute atomic E-state index is 16.9. The van der Waals surface area contributed by atoms with Crippen LogP contribution in [0.25, 0.3) is 11.1 Å². The Morgan fingerprint density at radius 1 is 0.406 bits per heavy atom. The number of hydrogen-bond donors (Lipinski definition) is 0. The lowest BCUT2D eigenvalue weighted by molar-refractivity contribution is 0.171. The van der Waals surface area contributed by atoms with Crippen LogP contribution < -0.4 is 60.2 Å². The highest BCUT2D eigenvalue weighted by atomic mass is 31.2. The summed E-state index contributed by atoms with van der Waals surface area (Å²) in [4.78, 5) is 0. The van der Waals surface area contributed by atoms with Gasteiger partial charge in [0.25, 0.3) is 0 Å². The quantitative estimate of drug-likeness (QED) is 0.119. The predicted molar refractivity (Wildman–Crippen MR) is 255 cm³/mol. The van der Waals surface area contributed by atoms with E-state index in [1.165, 1.54) is 0 Å². The van der Waals surface area contributed by atoms with Gasteiger partial charge in [0.15, 0.2) is 37.3 Å². The molecule has 318 valence electrons. The first kappa shape index (κ1) is 41.1. The van der Waals surface area contributed by atoms with E-state index in [0.717, 1.165) is 22.3 Å². The van der Waals surface area contributed by atoms with Gasteiger partial charge in [-0.15, -0.1) is 0 Å². The topological polar surface area (TPSA) is 89.5 Å². The Bertz CT molecular complexity index is 3020. The zero-order valence-electron chi connectivity index (χ0n) is 35.7. The zero-order valence-corrected chi connectivity index (χ0v) is 37.5. The van der Waals surface area contributed by atoms with E-state index in [0.29, 0.717) is 77.5 Å². The molecule has 0 atom stereocenters. The number of rotatable bonds is 11. The number of aryl methyl sites for hydroxylation is 4. The van der Waals surface area contributed by atoms with Crippen molar-refractivity contribution < 1.29 is 37.6 Å². The minimum absolute atomic E-state index is 0.136. The molecule has 10 rings (SSSR count). The van der Waals surface area contributed by atoms with Crippen molar-refractivity contribution in [2.75, 3.05) is 13.6 Å². The molecule has 10 heteroatoms. The Balaban J connectivity index is 1.35. The van der Waals surface area contributed by atoms with Gasteiger partial charge in [0.2, 0.25) is 25.1 Å². The third-order valence-electron chi connectivity index (χ3n) is 11.6. The second-order valence-electron chi connectivity index (χ2n) is 16.1. The van der Waals surface area contributed by atoms with E-state index in [-0.39, 0.29) is 25.1 Å². The fourth-order valence-corrected chi connectivity index (χ4v) is 13.8. The summed E-state index contributed by atoms with van der Waals surface area (Å²) in [5.74, 6) is 2.80. The van der Waals surface area contributed by atoms with Crippen LogP contribution in [0.2, 0.25) is 0 Å². The largest absolute Gasteiger partial charge is 0.453 e. The highest BCUT2D eigenvalue weighted by Gasteiger charge is 2.44. The number of ether oxygens (including phenoxy) is 6. The lowest BCUT2D eigenvalue weighted by Crippen LogP contribution is -2.28. The van der Waals surface area contributed by atoms with Crippen molar-refractivity contribution in [3.8, 4) is 57.1 Å². The average molecular weight is 883 g/mol. The molecule has 8 aromatic rings. The van der Waals surface area contributed by atoms with E-state index in [2.05, 4.69) is 0 Å². The van der Waals surface area contributed by atoms with Crippen LogP contribution in [-0.2, 0) is 9.13 Å². The SMILES string of the molecule is Cc1ccc(P(=O)(c2ccc(C)cc2)c2cc(-c3c(P(=O)(c4ccc(C)cc4)c4ccc(C)cc4)cc(Oc4ccccc4)c4c3OCO4)c3c(c2Oc2ccccc2)OCO3)cc1. The van der Waals surface area contributed by atoms with Crippen molar-refractivity contribution in [2.45, 2.75) is 27.7 Å². The zero-order chi connectivity index (χ0) is 44.0. The normalized spacial score (nSPS) is 12.9. The van der Waals surface area contributed by atoms with E-state index < -0.39 is 14.3 Å². The molecule has 0 saturated heterocycles. The van der Waals surface area contributed by atoms with Gasteiger partial charge in [-0.3, -0.25) is 0 Å². The van der Waals surface area contributed by atoms with E-state index in [1.54, 1.807) is 6.07 Å². The third kappa shape index (κ3) is 7.23. The van der Waals surface area contributed by atoms with Crippen LogP contribution in [0.15, 0.2) is 170 Å². The van der Waals surface area contributed by atoms with Gasteiger partial charge in [0, 0.05) is 37.6 Å². The van der Waals surface area contributed by atoms with Crippen LogP contribution in [0.5, 0.6) is 46.0 Å². The molecule has 0 fully saturated rings. The molecule has 8 nitrogen and oxygen atoms in total. The fraction of sp³-hybridized carbons (Fsp3) is 0.111. The number of para-hydroxylation sites is 2. The van der Waals surface area contributed by atoms with Gasteiger partial charge in [-0.1, -0.05) is 156 Å². The molecule has 0 saturated carbocycles. The van der Waals surface area contributed by atoms with Gasteiger partial charge in [-0.25, -0.2) is 0 Å². The van der Waals surface area contributed by atoms with Crippen LogP contribution in [0.3, 0.4) is 0 Å². The smallest absolute Gasteiger partial charge is 0.231 e. The summed E-state index contributed by atoms with van der Waals surface area (Å²) in [7, 11) is -7.72. The molecule has 2 heterocycles. The van der Waals surface area contributed by atoms with E-state index in [4.69, 9.17) is 28.4 Å². The minimum Gasteiger partial charge on any atom is -0.453 e. The van der Waals surface area contributed by atoms with E-state index in [9.17, 15) is 0 Å². The molecule has 8 aromatic carbocycles. The summed E-state index contributed by atoms with van der Waals surface area (Å²) in [6.07, 6.45) is 0. The van der Waals surface area contributed by atoms with Crippen LogP contribution in [0.1, 0.15) is 22.3 Å². The lowest BCUT2D eigenvalue weighted by atomic mass is 10.0. The molecule has 2 aliphatic heterocycles. The Hall–Kier alpha value is -6.98. The van der Waals surface area contributed by atoms with Crippen LogP contribution in [0, 0.1) is 27.7 Å². The molecule has 0 aliphatic carbocycles. The fourth-order valence-electron chi connectivity index (χ4n) is 8.25. The first-order chi connectivity index (χ1) is 31.1. The molecule has 2 aliphatic rings. The summed E-state index contributed by atoms with van der Waals surface area (Å²) in [5, 5.41) is 3.12. The molecule has 0 amide bonds. The van der Waals surface area contributed by atoms with Crippen molar-refractivity contribution in [3.63, 3.8) is 0 Å². The van der Waals surface area contributed by atoms with Gasteiger partial charge in [0.05, 0.1) is 5.30 Å². The highest BCUT2D eigenvalue weighted by molar-refractivity contribution is 7.86. The van der Waals surface area contributed by atoms with Crippen LogP contribution in [-0.4, -0.2) is 13.6 Å². The standard InChI is InChI=1S/C54H44O8P2/c1-35-15-23-41(24-16-35)63(55,42-25-17-36(2)18-26-42)47-32-46(61-39-11-7-5-8-12-39)51-53(59-34-58-51)49(47)45-31-48(52(54-50(45)57-33-60-54)62-40-13-9-6-10-14-40)64(56,43-27-19-37(3)20-28-43)44-29-21-38(4)22-30-44/h5-32H,33-34H2,1-4H3. The van der Waals surface area contributed by atoms with Gasteiger partial charge in [-0.2, -0.15) is 0 Å². The van der Waals surface area contributed by atoms with Crippen molar-refractivity contribution in [2.24, 2.45) is 0 Å². The maximum atomic E-state index is 16.9. The van der Waals surface area contributed by atoms with Gasteiger partial charge in [0.1, 0.15) is 11.5 Å². The molecule has 64 heavy (non-hydrogen) atoms. The van der Waals surface area contributed by atoms with Crippen molar-refractivity contribution in [3.05, 3.63) is 192 Å². The molecule has 0 N–H and O–H groups in total. The average Bonchev–Trinajstić information content (AvgIpc) is 4.02. The first-order valence-electron chi connectivity index (χ1n) is 21.0. The second-order valence-corrected chi connectivity index (χ2v) is 21.5. The van der Waals surface area contributed by atoms with Gasteiger partial charge >= 0.3 is 0 Å². The van der Waals surface area contributed by atoms with Gasteiger partial charge in [-0.05, 0) is 64.1 Å². The van der Waals surface area contributed by atoms with Crippen LogP contribution in [0.4, 0.5) is 0 Å². The molecule has 0 bridgehead atoms. The third-order valence-corrected chi connectivity index (χ3v) is 17.8. The highest BCUT2D eigenvalue weighted by Crippen LogP contribution is 2.60. The number of benzene rings is 8. The second kappa shape index (κ2) is 16.6. The Morgan fingerprint density at radius 3 is 1.27 bits per heavy atom. The predicted octanol–water partition coefficient (Wildman–Crippen LogP) is 10.9. The summed E-state index contributed by atoms with van der Waals surface area (Å²) in [6.45, 7) is 7.70. The van der Waals surface area contributed by atoms with E-state index in [1.807, 2.05) is 191 Å². The Kier molecular flexibility index (Phi) is 10.7. The summed E-state index contributed by atoms with van der Waals surface area (Å²) in [6, 6.07) is 53.3. The maximum Gasteiger partial charge on any atom is 0.231 e. The van der Waals surface area contributed by atoms with Crippen LogP contribution >= 0.6 is 14.3 Å². The Morgan fingerprint density at radius 2 is 0.797 bits per heavy atom. The first-order valence-corrected chi connectivity index (χ1v) is 24.4. The van der Waals surface area contributed by atoms with Crippen molar-refractivity contribution in [1.29, 1.82) is 0 Å². The van der Waals surface area contributed by atoms with E-state index >= 15 is 9.13 Å². The lowest BCUT2D eigenvalue weighted by Gasteiger charge is -2.27. The molecule has 0 spiro atoms. The Labute approximate surface area is 372 Å². The van der Waals surface area contributed by atoms with Gasteiger partial charge < -0.3 is 37.6 Å². The molecular formula is C54H44O8P2. The summed E-state index contributed by atoms with van der Waals surface area (Å²) >= 11 is 0. The monoisotopic (exact) mass is 882 g/mol. The minimum atomic E-state index is -3.87. The number of hydrogen-bond acceptors (Lipinski definition) is 8. The van der Waals surface area contributed by atoms with Crippen molar-refractivity contribution in [1.82, 2.24) is 0 Å². The van der Waals surface area contributed by atoms with Crippen molar-refractivity contribution >= 4 is 46.1 Å². The number of fused-ring (bicyclic) bond motifs is 2. The molecule has 0 radical (unpaired) electrons. The molecule has 0 aromatic heterocycles. The summed E-state index contributed by atoms with van der Waals surface area (Å²) in [5.41, 5.74) is 4.93.